The average Bonchev–Trinajstić information content (AvgIpc) is 3.88. The molecule has 0 spiro atoms. The lowest BCUT2D eigenvalue weighted by Crippen LogP contribution is -2.09. The molecule has 0 saturated carbocycles. The summed E-state index contributed by atoms with van der Waals surface area (Å²) in [5.41, 5.74) is 13.7. The number of nitrogens with zero attached hydrogens (tertiary/aromatic N) is 1. The first-order valence-electron chi connectivity index (χ1n) is 20.1. The highest BCUT2D eigenvalue weighted by atomic mass is 16.3. The summed E-state index contributed by atoms with van der Waals surface area (Å²) >= 11 is 0. The van der Waals surface area contributed by atoms with E-state index in [9.17, 15) is 0 Å². The minimum absolute atomic E-state index is 0.877. The number of fused-ring (bicyclic) bond motifs is 9. The molecule has 2 heterocycles. The highest BCUT2D eigenvalue weighted by molar-refractivity contribution is 6.11. The summed E-state index contributed by atoms with van der Waals surface area (Å²) in [5.74, 6) is 0. The van der Waals surface area contributed by atoms with Crippen LogP contribution in [0.3, 0.4) is 0 Å². The minimum atomic E-state index is 0.877. The third-order valence-electron chi connectivity index (χ3n) is 11.9. The molecule has 276 valence electrons. The maximum Gasteiger partial charge on any atom is 0.143 e. The topological polar surface area (TPSA) is 29.5 Å². The van der Waals surface area contributed by atoms with Crippen molar-refractivity contribution in [3.63, 3.8) is 0 Å². The molecule has 0 atom stereocenters. The van der Waals surface area contributed by atoms with Gasteiger partial charge in [0.25, 0.3) is 0 Å². The molecule has 12 rings (SSSR count). The molecule has 0 aliphatic carbocycles. The van der Waals surface area contributed by atoms with Crippen LogP contribution in [-0.2, 0) is 0 Å². The number of furan rings is 2. The molecule has 0 aliphatic rings. The Kier molecular flexibility index (Phi) is 7.54. The van der Waals surface area contributed by atoms with E-state index >= 15 is 0 Å². The van der Waals surface area contributed by atoms with Crippen molar-refractivity contribution in [3.05, 3.63) is 212 Å². The monoisotopic (exact) mass is 753 g/mol. The Morgan fingerprint density at radius 3 is 1.58 bits per heavy atom. The van der Waals surface area contributed by atoms with Crippen LogP contribution in [-0.4, -0.2) is 0 Å². The molecule has 10 aromatic carbocycles. The maximum absolute atomic E-state index is 6.49. The van der Waals surface area contributed by atoms with E-state index in [0.29, 0.717) is 0 Å². The number of benzene rings is 10. The van der Waals surface area contributed by atoms with Gasteiger partial charge in [0.2, 0.25) is 0 Å². The van der Waals surface area contributed by atoms with Crippen LogP contribution in [0.15, 0.2) is 221 Å². The molecule has 0 saturated heterocycles. The zero-order valence-electron chi connectivity index (χ0n) is 32.0. The van der Waals surface area contributed by atoms with Crippen molar-refractivity contribution in [2.75, 3.05) is 4.90 Å². The smallest absolute Gasteiger partial charge is 0.143 e. The number of anilines is 3. The van der Waals surface area contributed by atoms with Gasteiger partial charge in [0, 0.05) is 44.2 Å². The molecule has 0 N–H and O–H groups in total. The fraction of sp³-hybridized carbons (Fsp3) is 0. The second kappa shape index (κ2) is 13.4. The number of para-hydroxylation sites is 2. The summed E-state index contributed by atoms with van der Waals surface area (Å²) in [7, 11) is 0. The van der Waals surface area contributed by atoms with E-state index in [4.69, 9.17) is 8.83 Å². The van der Waals surface area contributed by atoms with Crippen molar-refractivity contribution in [2.45, 2.75) is 0 Å². The minimum Gasteiger partial charge on any atom is -0.456 e. The van der Waals surface area contributed by atoms with Gasteiger partial charge in [-0.25, -0.2) is 0 Å². The van der Waals surface area contributed by atoms with Crippen LogP contribution in [0.1, 0.15) is 0 Å². The first kappa shape index (κ1) is 33.3. The van der Waals surface area contributed by atoms with Crippen molar-refractivity contribution < 1.29 is 8.83 Å². The van der Waals surface area contributed by atoms with E-state index in [1.165, 1.54) is 32.7 Å². The standard InChI is InChI=1S/C56H35NO2/c1-2-9-38(10-3-1)47-14-8-15-49-51-34-42(25-31-55(51)59-56(47)49)37-23-28-44(29-24-37)57(45-30-32-54-52(35-45)48-13-6-7-16-53(48)58-54)43-26-21-36(22-27-43)41-20-19-40-18-17-39-11-4-5-12-46(39)50(40)33-41/h1-35H. The molecule has 0 unspecified atom stereocenters. The van der Waals surface area contributed by atoms with Gasteiger partial charge in [-0.15, -0.1) is 0 Å². The molecule has 3 nitrogen and oxygen atoms in total. The van der Waals surface area contributed by atoms with Crippen LogP contribution in [0.25, 0.3) is 98.8 Å². The normalized spacial score (nSPS) is 11.7. The summed E-state index contributed by atoms with van der Waals surface area (Å²) in [6.07, 6.45) is 0. The van der Waals surface area contributed by atoms with Gasteiger partial charge in [-0.05, 0) is 116 Å². The van der Waals surface area contributed by atoms with Crippen molar-refractivity contribution in [1.82, 2.24) is 0 Å². The van der Waals surface area contributed by atoms with Crippen molar-refractivity contribution in [1.29, 1.82) is 0 Å². The van der Waals surface area contributed by atoms with Crippen molar-refractivity contribution in [3.8, 4) is 33.4 Å². The maximum atomic E-state index is 6.49. The highest BCUT2D eigenvalue weighted by Gasteiger charge is 2.18. The summed E-state index contributed by atoms with van der Waals surface area (Å²) < 4.78 is 12.7. The number of hydrogen-bond acceptors (Lipinski definition) is 3. The molecule has 12 aromatic rings. The molecule has 0 bridgehead atoms. The molecule has 0 fully saturated rings. The van der Waals surface area contributed by atoms with Gasteiger partial charge in [0.1, 0.15) is 22.3 Å². The Balaban J connectivity index is 0.942. The molecular weight excluding hydrogens is 719 g/mol. The largest absolute Gasteiger partial charge is 0.456 e. The third-order valence-corrected chi connectivity index (χ3v) is 11.9. The van der Waals surface area contributed by atoms with Crippen LogP contribution < -0.4 is 4.90 Å². The Hall–Kier alpha value is -7.88. The lowest BCUT2D eigenvalue weighted by atomic mass is 9.97. The van der Waals surface area contributed by atoms with Gasteiger partial charge in [0.05, 0.1) is 0 Å². The van der Waals surface area contributed by atoms with Gasteiger partial charge in [-0.1, -0.05) is 146 Å². The van der Waals surface area contributed by atoms with Crippen LogP contribution in [0.5, 0.6) is 0 Å². The van der Waals surface area contributed by atoms with Gasteiger partial charge < -0.3 is 13.7 Å². The van der Waals surface area contributed by atoms with Crippen molar-refractivity contribution in [2.24, 2.45) is 0 Å². The third kappa shape index (κ3) is 5.59. The Bertz CT molecular complexity index is 3540. The highest BCUT2D eigenvalue weighted by Crippen LogP contribution is 2.42. The van der Waals surface area contributed by atoms with E-state index in [2.05, 4.69) is 199 Å². The van der Waals surface area contributed by atoms with E-state index in [0.717, 1.165) is 83.2 Å². The Morgan fingerprint density at radius 1 is 0.271 bits per heavy atom. The lowest BCUT2D eigenvalue weighted by Gasteiger charge is -2.26. The molecule has 0 radical (unpaired) electrons. The number of rotatable bonds is 6. The zero-order valence-corrected chi connectivity index (χ0v) is 32.0. The van der Waals surface area contributed by atoms with E-state index in [1.807, 2.05) is 18.2 Å². The molecule has 59 heavy (non-hydrogen) atoms. The molecular formula is C56H35NO2. The first-order chi connectivity index (χ1) is 29.2. The van der Waals surface area contributed by atoms with Crippen LogP contribution >= 0.6 is 0 Å². The fourth-order valence-electron chi connectivity index (χ4n) is 8.91. The molecule has 0 aliphatic heterocycles. The van der Waals surface area contributed by atoms with Gasteiger partial charge in [-0.2, -0.15) is 0 Å². The number of hydrogen-bond donors (Lipinski definition) is 0. The second-order valence-electron chi connectivity index (χ2n) is 15.3. The first-order valence-corrected chi connectivity index (χ1v) is 20.1. The van der Waals surface area contributed by atoms with Crippen LogP contribution in [0.2, 0.25) is 0 Å². The Labute approximate surface area is 340 Å². The summed E-state index contributed by atoms with van der Waals surface area (Å²) in [6, 6.07) is 75.8. The zero-order chi connectivity index (χ0) is 38.9. The summed E-state index contributed by atoms with van der Waals surface area (Å²) in [6.45, 7) is 0. The van der Waals surface area contributed by atoms with Gasteiger partial charge >= 0.3 is 0 Å². The quantitative estimate of drug-likeness (QED) is 0.158. The fourth-order valence-corrected chi connectivity index (χ4v) is 8.91. The van der Waals surface area contributed by atoms with Gasteiger partial charge in [0.15, 0.2) is 0 Å². The van der Waals surface area contributed by atoms with Crippen LogP contribution in [0.4, 0.5) is 17.1 Å². The van der Waals surface area contributed by atoms with E-state index in [-0.39, 0.29) is 0 Å². The predicted octanol–water partition coefficient (Wildman–Crippen LogP) is 16.3. The van der Waals surface area contributed by atoms with Gasteiger partial charge in [-0.3, -0.25) is 0 Å². The average molecular weight is 754 g/mol. The lowest BCUT2D eigenvalue weighted by molar-refractivity contribution is 0.669. The molecule has 2 aromatic heterocycles. The van der Waals surface area contributed by atoms with Crippen LogP contribution in [0, 0.1) is 0 Å². The summed E-state index contributed by atoms with van der Waals surface area (Å²) in [4.78, 5) is 2.33. The SMILES string of the molecule is c1ccc(-c2cccc3c2oc2ccc(-c4ccc(N(c5ccc(-c6ccc7ccc8ccccc8c7c6)cc5)c5ccc6oc7ccccc7c6c5)cc4)cc23)cc1. The molecule has 3 heteroatoms. The predicted molar refractivity (Wildman–Crippen MR) is 247 cm³/mol. The van der Waals surface area contributed by atoms with Crippen molar-refractivity contribution >= 4 is 82.5 Å². The molecule has 0 amide bonds. The Morgan fingerprint density at radius 2 is 0.797 bits per heavy atom. The second-order valence-corrected chi connectivity index (χ2v) is 15.3. The summed E-state index contributed by atoms with van der Waals surface area (Å²) in [5, 5.41) is 9.47. The van der Waals surface area contributed by atoms with E-state index < -0.39 is 0 Å². The van der Waals surface area contributed by atoms with E-state index in [1.54, 1.807) is 0 Å².